The predicted octanol–water partition coefficient (Wildman–Crippen LogP) is 3.33. The van der Waals surface area contributed by atoms with Crippen molar-refractivity contribution in [1.29, 1.82) is 0 Å². The van der Waals surface area contributed by atoms with E-state index in [1.165, 1.54) is 6.07 Å². The Morgan fingerprint density at radius 2 is 2.06 bits per heavy atom. The lowest BCUT2D eigenvalue weighted by molar-refractivity contribution is 0.0695. The van der Waals surface area contributed by atoms with E-state index in [2.05, 4.69) is 22.4 Å². The number of thiocarbonyl (C=S) groups is 1. The van der Waals surface area contributed by atoms with Gasteiger partial charge in [-0.2, -0.15) is 4.99 Å². The fraction of sp³-hybridized carbons (Fsp3) is 0.0769. The fourth-order valence-corrected chi connectivity index (χ4v) is 1.89. The summed E-state index contributed by atoms with van der Waals surface area (Å²) in [6.45, 7) is 0. The van der Waals surface area contributed by atoms with Crippen LogP contribution in [0, 0.1) is 0 Å². The molecule has 1 aliphatic rings. The van der Waals surface area contributed by atoms with E-state index >= 15 is 0 Å². The van der Waals surface area contributed by atoms with Crippen molar-refractivity contribution in [3.63, 3.8) is 0 Å². The molecule has 0 saturated carbocycles. The summed E-state index contributed by atoms with van der Waals surface area (Å²) in [6.07, 6.45) is 7.70. The van der Waals surface area contributed by atoms with Gasteiger partial charge in [-0.05, 0) is 29.9 Å². The maximum absolute atomic E-state index is 11.2. The van der Waals surface area contributed by atoms with Crippen LogP contribution in [0.4, 0.5) is 5.69 Å². The second-order valence-corrected chi connectivity index (χ2v) is 3.76. The van der Waals surface area contributed by atoms with E-state index in [-0.39, 0.29) is 11.5 Å². The number of isothiocyanates is 1. The van der Waals surface area contributed by atoms with Crippen LogP contribution < -0.4 is 0 Å². The molecule has 1 aromatic carbocycles. The topological polar surface area (TPSA) is 49.7 Å². The number of nitrogens with zero attached hydrogens (tertiary/aromatic N) is 1. The monoisotopic (exact) mass is 243 g/mol. The van der Waals surface area contributed by atoms with Crippen molar-refractivity contribution in [2.45, 2.75) is 5.92 Å². The highest BCUT2D eigenvalue weighted by atomic mass is 32.1. The number of carboxylic acids is 1. The summed E-state index contributed by atoms with van der Waals surface area (Å²) >= 11 is 4.50. The molecular weight excluding hydrogens is 234 g/mol. The van der Waals surface area contributed by atoms with Crippen LogP contribution in [0.3, 0.4) is 0 Å². The van der Waals surface area contributed by atoms with E-state index in [0.29, 0.717) is 5.69 Å². The first-order valence-corrected chi connectivity index (χ1v) is 5.43. The molecule has 0 aromatic heterocycles. The van der Waals surface area contributed by atoms with Crippen LogP contribution in [0.5, 0.6) is 0 Å². The zero-order valence-electron chi connectivity index (χ0n) is 8.83. The number of rotatable bonds is 3. The number of hydrogen-bond acceptors (Lipinski definition) is 3. The van der Waals surface area contributed by atoms with Crippen LogP contribution in [-0.4, -0.2) is 16.2 Å². The molecule has 84 valence electrons. The highest BCUT2D eigenvalue weighted by molar-refractivity contribution is 7.78. The molecule has 0 fully saturated rings. The van der Waals surface area contributed by atoms with E-state index in [9.17, 15) is 9.90 Å². The minimum Gasteiger partial charge on any atom is -0.478 e. The number of allylic oxidation sites excluding steroid dienone is 4. The number of hydrogen-bond donors (Lipinski definition) is 1. The number of benzene rings is 1. The Labute approximate surface area is 104 Å². The first kappa shape index (κ1) is 11.5. The maximum Gasteiger partial charge on any atom is 0.336 e. The molecule has 1 aliphatic carbocycles. The van der Waals surface area contributed by atoms with Crippen molar-refractivity contribution in [2.75, 3.05) is 0 Å². The zero-order valence-corrected chi connectivity index (χ0v) is 9.65. The van der Waals surface area contributed by atoms with Gasteiger partial charge in [0.05, 0.1) is 16.4 Å². The standard InChI is InChI=1S/C13H9NO2S/c15-13(16)12-7-10(14-8-17)5-6-11(12)9-3-1-2-4-9/h1-7,9H,(H,15,16). The highest BCUT2D eigenvalue weighted by Gasteiger charge is 2.16. The molecule has 0 aliphatic heterocycles. The molecule has 0 amide bonds. The van der Waals surface area contributed by atoms with Crippen molar-refractivity contribution in [3.8, 4) is 0 Å². The molecule has 0 saturated heterocycles. The molecule has 2 rings (SSSR count). The second kappa shape index (κ2) is 4.87. The third-order valence-corrected chi connectivity index (χ3v) is 2.64. The molecule has 3 nitrogen and oxygen atoms in total. The quantitative estimate of drug-likeness (QED) is 0.654. The van der Waals surface area contributed by atoms with Crippen LogP contribution in [0.15, 0.2) is 47.5 Å². The van der Waals surface area contributed by atoms with E-state index in [1.54, 1.807) is 12.1 Å². The molecule has 0 heterocycles. The number of aromatic carboxylic acids is 1. The van der Waals surface area contributed by atoms with Gasteiger partial charge < -0.3 is 5.11 Å². The smallest absolute Gasteiger partial charge is 0.336 e. The van der Waals surface area contributed by atoms with E-state index in [1.807, 2.05) is 24.3 Å². The van der Waals surface area contributed by atoms with Crippen molar-refractivity contribution < 1.29 is 9.90 Å². The second-order valence-electron chi connectivity index (χ2n) is 3.58. The van der Waals surface area contributed by atoms with E-state index < -0.39 is 5.97 Å². The Hall–Kier alpha value is -2.03. The molecule has 0 atom stereocenters. The summed E-state index contributed by atoms with van der Waals surface area (Å²) in [5, 5.41) is 11.4. The van der Waals surface area contributed by atoms with Crippen LogP contribution in [-0.2, 0) is 0 Å². The largest absolute Gasteiger partial charge is 0.478 e. The summed E-state index contributed by atoms with van der Waals surface area (Å²) in [6, 6.07) is 5.01. The average Bonchev–Trinajstić information content (AvgIpc) is 2.82. The minimum absolute atomic E-state index is 0.0200. The van der Waals surface area contributed by atoms with Gasteiger partial charge in [-0.15, -0.1) is 0 Å². The zero-order chi connectivity index (χ0) is 12.3. The summed E-state index contributed by atoms with van der Waals surface area (Å²) in [7, 11) is 0. The van der Waals surface area contributed by atoms with Gasteiger partial charge in [0.25, 0.3) is 0 Å². The molecule has 4 heteroatoms. The van der Waals surface area contributed by atoms with Crippen LogP contribution in [0.25, 0.3) is 0 Å². The lowest BCUT2D eigenvalue weighted by Gasteiger charge is -2.10. The lowest BCUT2D eigenvalue weighted by atomic mass is 9.95. The van der Waals surface area contributed by atoms with Crippen LogP contribution in [0.1, 0.15) is 21.8 Å². The first-order valence-electron chi connectivity index (χ1n) is 5.02. The minimum atomic E-state index is -0.963. The normalized spacial score (nSPS) is 13.6. The molecule has 0 unspecified atom stereocenters. The predicted molar refractivity (Wildman–Crippen MR) is 69.1 cm³/mol. The highest BCUT2D eigenvalue weighted by Crippen LogP contribution is 2.29. The molecule has 0 bridgehead atoms. The van der Waals surface area contributed by atoms with Gasteiger partial charge in [-0.3, -0.25) is 0 Å². The Balaban J connectivity index is 2.51. The Morgan fingerprint density at radius 3 is 2.65 bits per heavy atom. The van der Waals surface area contributed by atoms with Gasteiger partial charge in [0.2, 0.25) is 0 Å². The van der Waals surface area contributed by atoms with Crippen molar-refractivity contribution in [1.82, 2.24) is 0 Å². The summed E-state index contributed by atoms with van der Waals surface area (Å²) in [5.41, 5.74) is 1.51. The summed E-state index contributed by atoms with van der Waals surface area (Å²) in [5.74, 6) is -0.943. The van der Waals surface area contributed by atoms with Gasteiger partial charge in [-0.1, -0.05) is 30.4 Å². The fourth-order valence-electron chi connectivity index (χ4n) is 1.78. The average molecular weight is 243 g/mol. The maximum atomic E-state index is 11.2. The van der Waals surface area contributed by atoms with Gasteiger partial charge in [0, 0.05) is 5.92 Å². The van der Waals surface area contributed by atoms with Gasteiger partial charge in [-0.25, -0.2) is 4.79 Å². The Morgan fingerprint density at radius 1 is 1.35 bits per heavy atom. The van der Waals surface area contributed by atoms with Crippen molar-refractivity contribution >= 4 is 29.0 Å². The summed E-state index contributed by atoms with van der Waals surface area (Å²) in [4.78, 5) is 15.0. The number of carboxylic acid groups (broad SMARTS) is 1. The van der Waals surface area contributed by atoms with Gasteiger partial charge in [0.1, 0.15) is 0 Å². The molecule has 1 aromatic rings. The SMILES string of the molecule is O=C(O)c1cc(N=C=S)ccc1C1C=CC=C1. The van der Waals surface area contributed by atoms with Gasteiger partial charge in [0.15, 0.2) is 0 Å². The van der Waals surface area contributed by atoms with Crippen LogP contribution >= 0.6 is 12.2 Å². The first-order chi connectivity index (χ1) is 8.22. The third-order valence-electron chi connectivity index (χ3n) is 2.55. The van der Waals surface area contributed by atoms with E-state index in [0.717, 1.165) is 5.56 Å². The Kier molecular flexibility index (Phi) is 3.28. The van der Waals surface area contributed by atoms with Gasteiger partial charge >= 0.3 is 5.97 Å². The summed E-state index contributed by atoms with van der Waals surface area (Å²) < 4.78 is 0. The van der Waals surface area contributed by atoms with Crippen molar-refractivity contribution in [3.05, 3.63) is 53.6 Å². The van der Waals surface area contributed by atoms with Crippen molar-refractivity contribution in [2.24, 2.45) is 4.99 Å². The molecular formula is C13H9NO2S. The van der Waals surface area contributed by atoms with Crippen LogP contribution in [0.2, 0.25) is 0 Å². The molecule has 0 spiro atoms. The Bertz CT molecular complexity index is 557. The van der Waals surface area contributed by atoms with E-state index in [4.69, 9.17) is 0 Å². The molecule has 17 heavy (non-hydrogen) atoms. The lowest BCUT2D eigenvalue weighted by Crippen LogP contribution is -2.04. The number of aliphatic imine (C=N–C) groups is 1. The third kappa shape index (κ3) is 2.38. The molecule has 1 N–H and O–H groups in total. The molecule has 0 radical (unpaired) electrons. The number of carbonyl (C=O) groups is 1.